The van der Waals surface area contributed by atoms with E-state index in [4.69, 9.17) is 9.47 Å². The molecule has 1 aliphatic heterocycles. The van der Waals surface area contributed by atoms with Crippen molar-refractivity contribution in [3.63, 3.8) is 0 Å². The van der Waals surface area contributed by atoms with Crippen LogP contribution >= 0.6 is 0 Å². The summed E-state index contributed by atoms with van der Waals surface area (Å²) in [5.74, 6) is 1.74. The molecule has 1 N–H and O–H groups in total. The highest BCUT2D eigenvalue weighted by atomic mass is 16.5. The standard InChI is InChI=1S/C16H25NO2/c1-12(2)19-16-13(7-6-9-15(16)18-3)11-14-8-4-5-10-17-14/h6-7,9,12,14,17H,4-5,8,10-11H2,1-3H3. The Bertz CT molecular complexity index is 398. The largest absolute Gasteiger partial charge is 0.493 e. The third kappa shape index (κ3) is 3.87. The molecule has 106 valence electrons. The summed E-state index contributed by atoms with van der Waals surface area (Å²) in [6.45, 7) is 5.24. The smallest absolute Gasteiger partial charge is 0.164 e. The molecular formula is C16H25NO2. The molecule has 1 unspecified atom stereocenters. The molecule has 3 heteroatoms. The van der Waals surface area contributed by atoms with Crippen molar-refractivity contribution in [2.24, 2.45) is 0 Å². The van der Waals surface area contributed by atoms with Crippen LogP contribution in [0, 0.1) is 0 Å². The van der Waals surface area contributed by atoms with Crippen LogP contribution in [0.15, 0.2) is 18.2 Å². The van der Waals surface area contributed by atoms with Crippen LogP contribution in [0.1, 0.15) is 38.7 Å². The molecule has 0 radical (unpaired) electrons. The SMILES string of the molecule is COc1cccc(CC2CCCCN2)c1OC(C)C. The molecule has 0 aliphatic carbocycles. The molecule has 0 spiro atoms. The Morgan fingerprint density at radius 1 is 1.32 bits per heavy atom. The van der Waals surface area contributed by atoms with Crippen LogP contribution in [0.3, 0.4) is 0 Å². The fourth-order valence-electron chi connectivity index (χ4n) is 2.62. The summed E-state index contributed by atoms with van der Waals surface area (Å²) in [6, 6.07) is 6.73. The van der Waals surface area contributed by atoms with Crippen LogP contribution in [-0.4, -0.2) is 25.8 Å². The summed E-state index contributed by atoms with van der Waals surface area (Å²) in [5, 5.41) is 3.59. The van der Waals surface area contributed by atoms with Gasteiger partial charge >= 0.3 is 0 Å². The lowest BCUT2D eigenvalue weighted by Crippen LogP contribution is -2.35. The first kappa shape index (κ1) is 14.2. The van der Waals surface area contributed by atoms with Gasteiger partial charge in [0.2, 0.25) is 0 Å². The lowest BCUT2D eigenvalue weighted by Gasteiger charge is -2.25. The van der Waals surface area contributed by atoms with E-state index in [0.29, 0.717) is 6.04 Å². The van der Waals surface area contributed by atoms with Gasteiger partial charge in [-0.15, -0.1) is 0 Å². The van der Waals surface area contributed by atoms with Crippen molar-refractivity contribution >= 4 is 0 Å². The molecule has 1 saturated heterocycles. The van der Waals surface area contributed by atoms with E-state index in [1.165, 1.54) is 24.8 Å². The number of hydrogen-bond acceptors (Lipinski definition) is 3. The fraction of sp³-hybridized carbons (Fsp3) is 0.625. The van der Waals surface area contributed by atoms with Gasteiger partial charge in [-0.05, 0) is 51.3 Å². The van der Waals surface area contributed by atoms with Gasteiger partial charge in [0.1, 0.15) is 0 Å². The van der Waals surface area contributed by atoms with Gasteiger partial charge < -0.3 is 14.8 Å². The minimum absolute atomic E-state index is 0.161. The molecule has 0 amide bonds. The average Bonchev–Trinajstić information content (AvgIpc) is 2.41. The van der Waals surface area contributed by atoms with E-state index in [0.717, 1.165) is 24.5 Å². The third-order valence-corrected chi connectivity index (χ3v) is 3.51. The number of piperidine rings is 1. The van der Waals surface area contributed by atoms with Crippen molar-refractivity contribution < 1.29 is 9.47 Å². The number of rotatable bonds is 5. The molecule has 19 heavy (non-hydrogen) atoms. The van der Waals surface area contributed by atoms with E-state index >= 15 is 0 Å². The molecule has 1 fully saturated rings. The number of ether oxygens (including phenoxy) is 2. The van der Waals surface area contributed by atoms with Crippen LogP contribution < -0.4 is 14.8 Å². The van der Waals surface area contributed by atoms with Gasteiger partial charge in [-0.3, -0.25) is 0 Å². The van der Waals surface area contributed by atoms with Gasteiger partial charge in [0, 0.05) is 6.04 Å². The predicted molar refractivity (Wildman–Crippen MR) is 78.1 cm³/mol. The summed E-state index contributed by atoms with van der Waals surface area (Å²) < 4.78 is 11.4. The van der Waals surface area contributed by atoms with E-state index in [9.17, 15) is 0 Å². The molecular weight excluding hydrogens is 238 g/mol. The fourth-order valence-corrected chi connectivity index (χ4v) is 2.62. The molecule has 1 aromatic carbocycles. The maximum Gasteiger partial charge on any atom is 0.164 e. The van der Waals surface area contributed by atoms with E-state index in [2.05, 4.69) is 25.2 Å². The Labute approximate surface area is 116 Å². The van der Waals surface area contributed by atoms with Gasteiger partial charge in [0.25, 0.3) is 0 Å². The van der Waals surface area contributed by atoms with E-state index in [1.54, 1.807) is 7.11 Å². The Kier molecular flexibility index (Phi) is 5.08. The second-order valence-electron chi connectivity index (χ2n) is 5.47. The molecule has 1 atom stereocenters. The minimum Gasteiger partial charge on any atom is -0.493 e. The van der Waals surface area contributed by atoms with E-state index in [1.807, 2.05) is 12.1 Å². The maximum atomic E-state index is 5.96. The molecule has 0 saturated carbocycles. The van der Waals surface area contributed by atoms with E-state index in [-0.39, 0.29) is 6.10 Å². The normalized spacial score (nSPS) is 19.5. The van der Waals surface area contributed by atoms with Gasteiger partial charge in [0.05, 0.1) is 13.2 Å². The highest BCUT2D eigenvalue weighted by molar-refractivity contribution is 5.47. The zero-order chi connectivity index (χ0) is 13.7. The zero-order valence-corrected chi connectivity index (χ0v) is 12.2. The molecule has 0 aromatic heterocycles. The highest BCUT2D eigenvalue weighted by Crippen LogP contribution is 2.33. The predicted octanol–water partition coefficient (Wildman–Crippen LogP) is 3.17. The molecule has 3 nitrogen and oxygen atoms in total. The van der Waals surface area contributed by atoms with Crippen molar-refractivity contribution in [1.82, 2.24) is 5.32 Å². The van der Waals surface area contributed by atoms with Crippen molar-refractivity contribution in [3.8, 4) is 11.5 Å². The van der Waals surface area contributed by atoms with Crippen LogP contribution in [-0.2, 0) is 6.42 Å². The van der Waals surface area contributed by atoms with Gasteiger partial charge in [-0.1, -0.05) is 18.6 Å². The van der Waals surface area contributed by atoms with Gasteiger partial charge in [0.15, 0.2) is 11.5 Å². The summed E-state index contributed by atoms with van der Waals surface area (Å²) in [4.78, 5) is 0. The minimum atomic E-state index is 0.161. The number of benzene rings is 1. The van der Waals surface area contributed by atoms with Gasteiger partial charge in [-0.25, -0.2) is 0 Å². The number of para-hydroxylation sites is 1. The van der Waals surface area contributed by atoms with E-state index < -0.39 is 0 Å². The maximum absolute atomic E-state index is 5.96. The Hall–Kier alpha value is -1.22. The quantitative estimate of drug-likeness (QED) is 0.885. The van der Waals surface area contributed by atoms with Crippen LogP contribution in [0.5, 0.6) is 11.5 Å². The van der Waals surface area contributed by atoms with Gasteiger partial charge in [-0.2, -0.15) is 0 Å². The van der Waals surface area contributed by atoms with Crippen molar-refractivity contribution in [3.05, 3.63) is 23.8 Å². The number of hydrogen-bond donors (Lipinski definition) is 1. The summed E-state index contributed by atoms with van der Waals surface area (Å²) in [5.41, 5.74) is 1.24. The van der Waals surface area contributed by atoms with Crippen molar-refractivity contribution in [2.75, 3.05) is 13.7 Å². The second-order valence-corrected chi connectivity index (χ2v) is 5.47. The Morgan fingerprint density at radius 2 is 2.16 bits per heavy atom. The number of nitrogens with one attached hydrogen (secondary N) is 1. The summed E-state index contributed by atoms with van der Waals surface area (Å²) in [7, 11) is 1.70. The lowest BCUT2D eigenvalue weighted by atomic mass is 9.97. The Balaban J connectivity index is 2.17. The van der Waals surface area contributed by atoms with Crippen molar-refractivity contribution in [1.29, 1.82) is 0 Å². The molecule has 1 aromatic rings. The first-order chi connectivity index (χ1) is 9.20. The van der Waals surface area contributed by atoms with Crippen molar-refractivity contribution in [2.45, 2.75) is 51.7 Å². The van der Waals surface area contributed by atoms with Crippen LogP contribution in [0.4, 0.5) is 0 Å². The molecule has 0 bridgehead atoms. The summed E-state index contributed by atoms with van der Waals surface area (Å²) >= 11 is 0. The second kappa shape index (κ2) is 6.80. The zero-order valence-electron chi connectivity index (χ0n) is 12.2. The Morgan fingerprint density at radius 3 is 2.79 bits per heavy atom. The number of methoxy groups -OCH3 is 1. The average molecular weight is 263 g/mol. The monoisotopic (exact) mass is 263 g/mol. The third-order valence-electron chi connectivity index (χ3n) is 3.51. The topological polar surface area (TPSA) is 30.5 Å². The molecule has 1 aliphatic rings. The molecule has 1 heterocycles. The lowest BCUT2D eigenvalue weighted by molar-refractivity contribution is 0.226. The van der Waals surface area contributed by atoms with Crippen LogP contribution in [0.2, 0.25) is 0 Å². The molecule has 2 rings (SSSR count). The summed E-state index contributed by atoms with van der Waals surface area (Å²) in [6.07, 6.45) is 5.04. The highest BCUT2D eigenvalue weighted by Gasteiger charge is 2.18. The van der Waals surface area contributed by atoms with Crippen LogP contribution in [0.25, 0.3) is 0 Å². The first-order valence-electron chi connectivity index (χ1n) is 7.26. The first-order valence-corrected chi connectivity index (χ1v) is 7.26.